The largest absolute Gasteiger partial charge is 0.352 e. The van der Waals surface area contributed by atoms with Gasteiger partial charge in [-0.25, -0.2) is 4.98 Å². The quantitative estimate of drug-likeness (QED) is 0.876. The van der Waals surface area contributed by atoms with E-state index in [0.29, 0.717) is 28.9 Å². The van der Waals surface area contributed by atoms with E-state index in [1.165, 1.54) is 0 Å². The molecule has 0 bridgehead atoms. The van der Waals surface area contributed by atoms with Crippen molar-refractivity contribution >= 4 is 51.7 Å². The molecule has 3 rings (SSSR count). The van der Waals surface area contributed by atoms with Crippen LogP contribution in [0.2, 0.25) is 10.0 Å². The van der Waals surface area contributed by atoms with E-state index in [-0.39, 0.29) is 11.9 Å². The van der Waals surface area contributed by atoms with Crippen molar-refractivity contribution in [3.63, 3.8) is 0 Å². The second-order valence-corrected chi connectivity index (χ2v) is 5.91. The Balaban J connectivity index is 2.03. The van der Waals surface area contributed by atoms with Crippen molar-refractivity contribution in [1.82, 2.24) is 14.9 Å². The molecule has 1 unspecified atom stereocenters. The van der Waals surface area contributed by atoms with Gasteiger partial charge in [0.25, 0.3) is 0 Å². The van der Waals surface area contributed by atoms with Crippen LogP contribution in [0, 0.1) is 0 Å². The Labute approximate surface area is 131 Å². The molecule has 0 radical (unpaired) electrons. The van der Waals surface area contributed by atoms with Crippen molar-refractivity contribution < 1.29 is 4.79 Å². The number of carbonyl (C=O) groups excluding carboxylic acids is 1. The van der Waals surface area contributed by atoms with Crippen LogP contribution in [-0.2, 0) is 17.2 Å². The number of nitrogens with zero attached hydrogens (tertiary/aromatic N) is 2. The topological polar surface area (TPSA) is 46.9 Å². The number of fused-ring (bicyclic) bond motifs is 1. The average Bonchev–Trinajstić information content (AvgIpc) is 2.96. The molecule has 1 N–H and O–H groups in total. The Bertz CT molecular complexity index is 683. The molecule has 1 atom stereocenters. The van der Waals surface area contributed by atoms with Crippen LogP contribution in [-0.4, -0.2) is 21.5 Å². The molecule has 1 aliphatic rings. The lowest BCUT2D eigenvalue weighted by Crippen LogP contribution is -2.30. The van der Waals surface area contributed by atoms with Gasteiger partial charge in [-0.15, -0.1) is 11.6 Å². The predicted molar refractivity (Wildman–Crippen MR) is 80.5 cm³/mol. The normalized spacial score (nSPS) is 18.8. The van der Waals surface area contributed by atoms with Gasteiger partial charge >= 0.3 is 0 Å². The highest BCUT2D eigenvalue weighted by atomic mass is 35.5. The molecule has 7 heteroatoms. The molecule has 1 aromatic carbocycles. The maximum absolute atomic E-state index is 11.3. The summed E-state index contributed by atoms with van der Waals surface area (Å²) in [5.74, 6) is 1.14. The first-order valence-corrected chi connectivity index (χ1v) is 7.57. The molecule has 2 aromatic rings. The molecule has 1 fully saturated rings. The number of alkyl halides is 1. The van der Waals surface area contributed by atoms with Gasteiger partial charge in [0.1, 0.15) is 5.82 Å². The molecule has 1 amide bonds. The van der Waals surface area contributed by atoms with E-state index in [1.54, 1.807) is 12.1 Å². The van der Waals surface area contributed by atoms with Gasteiger partial charge in [-0.05, 0) is 18.6 Å². The molecule has 4 nitrogen and oxygen atoms in total. The summed E-state index contributed by atoms with van der Waals surface area (Å²) in [4.78, 5) is 15.8. The van der Waals surface area contributed by atoms with Gasteiger partial charge in [0, 0.05) is 19.0 Å². The highest BCUT2D eigenvalue weighted by Gasteiger charge is 2.23. The summed E-state index contributed by atoms with van der Waals surface area (Å²) < 4.78 is 2.00. The van der Waals surface area contributed by atoms with Gasteiger partial charge in [0.15, 0.2) is 0 Å². The molecule has 1 aromatic heterocycles. The standard InChI is InChI=1S/C13H12Cl3N3O/c14-5-12-18-10-3-8(15)9(16)4-11(10)19(12)6-7-1-2-13(20)17-7/h3-4,7H,1-2,5-6H2,(H,17,20). The summed E-state index contributed by atoms with van der Waals surface area (Å²) in [6, 6.07) is 3.63. The van der Waals surface area contributed by atoms with Crippen LogP contribution in [0.5, 0.6) is 0 Å². The SMILES string of the molecule is O=C1CCC(Cn2c(CCl)nc3cc(Cl)c(Cl)cc32)N1. The molecule has 0 aliphatic carbocycles. The summed E-state index contributed by atoms with van der Waals surface area (Å²) in [5.41, 5.74) is 1.65. The molecular formula is C13H12Cl3N3O. The number of hydrogen-bond acceptors (Lipinski definition) is 2. The molecule has 0 spiro atoms. The first-order chi connectivity index (χ1) is 9.58. The Morgan fingerprint density at radius 1 is 1.35 bits per heavy atom. The fourth-order valence-corrected chi connectivity index (χ4v) is 3.03. The van der Waals surface area contributed by atoms with Gasteiger partial charge in [0.2, 0.25) is 5.91 Å². The number of aromatic nitrogens is 2. The van der Waals surface area contributed by atoms with Crippen LogP contribution >= 0.6 is 34.8 Å². The molecule has 1 saturated heterocycles. The van der Waals surface area contributed by atoms with Crippen molar-refractivity contribution in [2.45, 2.75) is 31.3 Å². The van der Waals surface area contributed by atoms with Crippen LogP contribution in [0.3, 0.4) is 0 Å². The van der Waals surface area contributed by atoms with Gasteiger partial charge < -0.3 is 9.88 Å². The summed E-state index contributed by atoms with van der Waals surface area (Å²) >= 11 is 18.0. The van der Waals surface area contributed by atoms with Crippen molar-refractivity contribution in [2.24, 2.45) is 0 Å². The molecular weight excluding hydrogens is 321 g/mol. The summed E-state index contributed by atoms with van der Waals surface area (Å²) in [5, 5.41) is 3.90. The average molecular weight is 333 g/mol. The number of carbonyl (C=O) groups is 1. The monoisotopic (exact) mass is 331 g/mol. The Morgan fingerprint density at radius 2 is 2.10 bits per heavy atom. The molecule has 0 saturated carbocycles. The van der Waals surface area contributed by atoms with E-state index < -0.39 is 0 Å². The minimum Gasteiger partial charge on any atom is -0.352 e. The zero-order valence-corrected chi connectivity index (χ0v) is 12.8. The van der Waals surface area contributed by atoms with Crippen LogP contribution in [0.15, 0.2) is 12.1 Å². The Hall–Kier alpha value is -0.970. The fraction of sp³-hybridized carbons (Fsp3) is 0.385. The molecule has 106 valence electrons. The second-order valence-electron chi connectivity index (χ2n) is 4.83. The van der Waals surface area contributed by atoms with E-state index in [9.17, 15) is 4.79 Å². The lowest BCUT2D eigenvalue weighted by molar-refractivity contribution is -0.119. The number of rotatable bonds is 3. The number of nitrogens with one attached hydrogen (secondary N) is 1. The van der Waals surface area contributed by atoms with Gasteiger partial charge in [-0.2, -0.15) is 0 Å². The van der Waals surface area contributed by atoms with E-state index >= 15 is 0 Å². The minimum atomic E-state index is 0.0907. The molecule has 20 heavy (non-hydrogen) atoms. The Kier molecular flexibility index (Phi) is 3.80. The molecule has 2 heterocycles. The lowest BCUT2D eigenvalue weighted by atomic mass is 10.2. The second kappa shape index (κ2) is 5.43. The summed E-state index contributed by atoms with van der Waals surface area (Å²) in [7, 11) is 0. The maximum Gasteiger partial charge on any atom is 0.220 e. The van der Waals surface area contributed by atoms with E-state index in [4.69, 9.17) is 34.8 Å². The first-order valence-electron chi connectivity index (χ1n) is 6.28. The number of halogens is 3. The zero-order chi connectivity index (χ0) is 14.3. The number of hydrogen-bond donors (Lipinski definition) is 1. The summed E-state index contributed by atoms with van der Waals surface area (Å²) in [6.45, 7) is 0.641. The predicted octanol–water partition coefficient (Wildman–Crippen LogP) is 3.36. The third-order valence-electron chi connectivity index (χ3n) is 3.48. The summed E-state index contributed by atoms with van der Waals surface area (Å²) in [6.07, 6.45) is 1.39. The zero-order valence-electron chi connectivity index (χ0n) is 10.5. The van der Waals surface area contributed by atoms with E-state index in [0.717, 1.165) is 23.3 Å². The van der Waals surface area contributed by atoms with E-state index in [2.05, 4.69) is 10.3 Å². The molecule has 1 aliphatic heterocycles. The highest BCUT2D eigenvalue weighted by molar-refractivity contribution is 6.42. The van der Waals surface area contributed by atoms with Crippen LogP contribution in [0.4, 0.5) is 0 Å². The number of imidazole rings is 1. The third-order valence-corrected chi connectivity index (χ3v) is 4.44. The van der Waals surface area contributed by atoms with Crippen molar-refractivity contribution in [2.75, 3.05) is 0 Å². The highest BCUT2D eigenvalue weighted by Crippen LogP contribution is 2.29. The van der Waals surface area contributed by atoms with Gasteiger partial charge in [-0.3, -0.25) is 4.79 Å². The first kappa shape index (κ1) is 14.0. The maximum atomic E-state index is 11.3. The fourth-order valence-electron chi connectivity index (χ4n) is 2.51. The minimum absolute atomic E-state index is 0.0907. The lowest BCUT2D eigenvalue weighted by Gasteiger charge is -2.14. The van der Waals surface area contributed by atoms with Gasteiger partial charge in [-0.1, -0.05) is 23.2 Å². The Morgan fingerprint density at radius 3 is 2.75 bits per heavy atom. The van der Waals surface area contributed by atoms with Crippen LogP contribution < -0.4 is 5.32 Å². The van der Waals surface area contributed by atoms with Gasteiger partial charge in [0.05, 0.1) is 27.0 Å². The van der Waals surface area contributed by atoms with Crippen molar-refractivity contribution in [3.05, 3.63) is 28.0 Å². The smallest absolute Gasteiger partial charge is 0.220 e. The van der Waals surface area contributed by atoms with Crippen LogP contribution in [0.25, 0.3) is 11.0 Å². The number of benzene rings is 1. The third kappa shape index (κ3) is 2.48. The number of amides is 1. The van der Waals surface area contributed by atoms with Crippen molar-refractivity contribution in [3.8, 4) is 0 Å². The van der Waals surface area contributed by atoms with Crippen molar-refractivity contribution in [1.29, 1.82) is 0 Å². The van der Waals surface area contributed by atoms with E-state index in [1.807, 2.05) is 4.57 Å². The van der Waals surface area contributed by atoms with Crippen LogP contribution in [0.1, 0.15) is 18.7 Å².